The fourth-order valence-corrected chi connectivity index (χ4v) is 2.78. The maximum Gasteiger partial charge on any atom is 0.194 e. The minimum atomic E-state index is -0.687. The normalized spacial score (nSPS) is 18.0. The number of nitrogens with two attached hydrogens (primary N) is 1. The van der Waals surface area contributed by atoms with E-state index >= 15 is 0 Å². The van der Waals surface area contributed by atoms with Crippen LogP contribution in [0.15, 0.2) is 10.5 Å². The molecular weight excluding hydrogens is 277 g/mol. The van der Waals surface area contributed by atoms with Crippen molar-refractivity contribution in [2.75, 3.05) is 7.11 Å². The third-order valence-electron chi connectivity index (χ3n) is 3.12. The Hall–Kier alpha value is -0.810. The highest BCUT2D eigenvalue weighted by atomic mass is 79.9. The molecule has 0 amide bonds. The number of methoxy groups -OCH3 is 1. The molecule has 1 fully saturated rings. The van der Waals surface area contributed by atoms with Crippen LogP contribution < -0.4 is 10.5 Å². The molecule has 0 unspecified atom stereocenters. The lowest BCUT2D eigenvalue weighted by molar-refractivity contribution is 0.239. The predicted octanol–water partition coefficient (Wildman–Crippen LogP) is 2.64. The molecule has 1 aromatic carbocycles. The van der Waals surface area contributed by atoms with Gasteiger partial charge in [-0.25, -0.2) is 4.39 Å². The molecule has 16 heavy (non-hydrogen) atoms. The molecule has 3 N–H and O–H groups in total. The van der Waals surface area contributed by atoms with Crippen molar-refractivity contribution in [1.29, 1.82) is 0 Å². The third kappa shape index (κ3) is 1.58. The van der Waals surface area contributed by atoms with Crippen LogP contribution in [0, 0.1) is 5.82 Å². The standard InChI is InChI=1S/C11H13BrFNO2/c1-16-7-5-6(12)8(9(13)10(7)15)11(14)3-2-4-11/h5,15H,2-4,14H2,1H3. The maximum absolute atomic E-state index is 14.0. The van der Waals surface area contributed by atoms with Crippen LogP contribution in [0.5, 0.6) is 11.5 Å². The quantitative estimate of drug-likeness (QED) is 0.880. The van der Waals surface area contributed by atoms with Gasteiger partial charge in [0.15, 0.2) is 17.3 Å². The fraction of sp³-hybridized carbons (Fsp3) is 0.455. The second-order valence-electron chi connectivity index (χ2n) is 4.11. The molecule has 0 radical (unpaired) electrons. The van der Waals surface area contributed by atoms with Gasteiger partial charge in [0.2, 0.25) is 0 Å². The van der Waals surface area contributed by atoms with Gasteiger partial charge in [-0.2, -0.15) is 0 Å². The summed E-state index contributed by atoms with van der Waals surface area (Å²) < 4.78 is 19.4. The highest BCUT2D eigenvalue weighted by Crippen LogP contribution is 2.47. The zero-order valence-electron chi connectivity index (χ0n) is 8.89. The molecule has 2 rings (SSSR count). The van der Waals surface area contributed by atoms with Gasteiger partial charge in [0, 0.05) is 15.6 Å². The van der Waals surface area contributed by atoms with E-state index in [1.807, 2.05) is 0 Å². The van der Waals surface area contributed by atoms with Gasteiger partial charge in [-0.15, -0.1) is 0 Å². The van der Waals surface area contributed by atoms with Gasteiger partial charge in [0.1, 0.15) is 0 Å². The average Bonchev–Trinajstić information content (AvgIpc) is 2.21. The van der Waals surface area contributed by atoms with Crippen molar-refractivity contribution in [2.45, 2.75) is 24.8 Å². The van der Waals surface area contributed by atoms with Crippen LogP contribution in [-0.4, -0.2) is 12.2 Å². The number of hydrogen-bond acceptors (Lipinski definition) is 3. The molecule has 0 heterocycles. The van der Waals surface area contributed by atoms with E-state index in [0.29, 0.717) is 10.0 Å². The molecule has 1 aromatic rings. The molecular formula is C11H13BrFNO2. The molecule has 0 aromatic heterocycles. The minimum absolute atomic E-state index is 0.107. The maximum atomic E-state index is 14.0. The number of aromatic hydroxyl groups is 1. The molecule has 0 aliphatic heterocycles. The van der Waals surface area contributed by atoms with Crippen molar-refractivity contribution < 1.29 is 14.2 Å². The number of phenolic OH excluding ortho intramolecular Hbond substituents is 1. The Morgan fingerprint density at radius 2 is 2.19 bits per heavy atom. The van der Waals surface area contributed by atoms with Crippen LogP contribution in [0.2, 0.25) is 0 Å². The van der Waals surface area contributed by atoms with Crippen molar-refractivity contribution in [1.82, 2.24) is 0 Å². The van der Waals surface area contributed by atoms with E-state index in [-0.39, 0.29) is 5.75 Å². The molecule has 0 saturated heterocycles. The summed E-state index contributed by atoms with van der Waals surface area (Å²) in [4.78, 5) is 0. The van der Waals surface area contributed by atoms with Crippen LogP contribution in [0.25, 0.3) is 0 Å². The van der Waals surface area contributed by atoms with E-state index in [1.165, 1.54) is 7.11 Å². The fourth-order valence-electron chi connectivity index (χ4n) is 2.01. The van der Waals surface area contributed by atoms with E-state index in [4.69, 9.17) is 10.5 Å². The zero-order valence-corrected chi connectivity index (χ0v) is 10.5. The lowest BCUT2D eigenvalue weighted by Gasteiger charge is -2.39. The Balaban J connectivity index is 2.58. The second kappa shape index (κ2) is 3.89. The van der Waals surface area contributed by atoms with E-state index in [1.54, 1.807) is 6.07 Å². The summed E-state index contributed by atoms with van der Waals surface area (Å²) in [6.07, 6.45) is 2.44. The number of ether oxygens (including phenoxy) is 1. The van der Waals surface area contributed by atoms with Crippen LogP contribution in [0.3, 0.4) is 0 Å². The Kier molecular flexibility index (Phi) is 2.84. The topological polar surface area (TPSA) is 55.5 Å². The average molecular weight is 290 g/mol. The number of benzene rings is 1. The van der Waals surface area contributed by atoms with E-state index < -0.39 is 17.1 Å². The highest BCUT2D eigenvalue weighted by Gasteiger charge is 2.39. The molecule has 1 saturated carbocycles. The van der Waals surface area contributed by atoms with Gasteiger partial charge in [-0.05, 0) is 25.3 Å². The summed E-state index contributed by atoms with van der Waals surface area (Å²) >= 11 is 3.27. The first-order valence-corrected chi connectivity index (χ1v) is 5.83. The van der Waals surface area contributed by atoms with E-state index in [0.717, 1.165) is 19.3 Å². The monoisotopic (exact) mass is 289 g/mol. The molecule has 0 atom stereocenters. The molecule has 1 aliphatic carbocycles. The van der Waals surface area contributed by atoms with Crippen molar-refractivity contribution in [3.63, 3.8) is 0 Å². The van der Waals surface area contributed by atoms with Gasteiger partial charge in [0.25, 0.3) is 0 Å². The van der Waals surface area contributed by atoms with Crippen LogP contribution in [0.1, 0.15) is 24.8 Å². The zero-order chi connectivity index (χ0) is 11.9. The van der Waals surface area contributed by atoms with Crippen molar-refractivity contribution in [2.24, 2.45) is 5.73 Å². The van der Waals surface area contributed by atoms with Gasteiger partial charge in [-0.3, -0.25) is 0 Å². The molecule has 0 bridgehead atoms. The predicted molar refractivity (Wildman–Crippen MR) is 62.0 cm³/mol. The summed E-state index contributed by atoms with van der Waals surface area (Å²) in [5, 5.41) is 9.61. The lowest BCUT2D eigenvalue weighted by atomic mass is 9.72. The molecule has 0 spiro atoms. The highest BCUT2D eigenvalue weighted by molar-refractivity contribution is 9.10. The first-order chi connectivity index (χ1) is 7.49. The third-order valence-corrected chi connectivity index (χ3v) is 3.75. The largest absolute Gasteiger partial charge is 0.502 e. The van der Waals surface area contributed by atoms with Crippen molar-refractivity contribution in [3.8, 4) is 11.5 Å². The van der Waals surface area contributed by atoms with Gasteiger partial charge >= 0.3 is 0 Å². The number of hydrogen-bond donors (Lipinski definition) is 2. The Bertz CT molecular complexity index is 432. The molecule has 5 heteroatoms. The smallest absolute Gasteiger partial charge is 0.194 e. The SMILES string of the molecule is COc1cc(Br)c(C2(N)CCC2)c(F)c1O. The molecule has 3 nitrogen and oxygen atoms in total. The van der Waals surface area contributed by atoms with Gasteiger partial charge in [0.05, 0.1) is 7.11 Å². The lowest BCUT2D eigenvalue weighted by Crippen LogP contribution is -2.44. The second-order valence-corrected chi connectivity index (χ2v) is 4.96. The number of halogens is 2. The Morgan fingerprint density at radius 1 is 1.56 bits per heavy atom. The number of phenols is 1. The summed E-state index contributed by atoms with van der Waals surface area (Å²) in [5.74, 6) is -1.05. The van der Waals surface area contributed by atoms with Crippen molar-refractivity contribution >= 4 is 15.9 Å². The van der Waals surface area contributed by atoms with Crippen LogP contribution in [0.4, 0.5) is 4.39 Å². The minimum Gasteiger partial charge on any atom is -0.502 e. The van der Waals surface area contributed by atoms with Gasteiger partial charge in [-0.1, -0.05) is 15.9 Å². The first kappa shape index (κ1) is 11.7. The molecule has 88 valence electrons. The Morgan fingerprint density at radius 3 is 2.62 bits per heavy atom. The summed E-state index contributed by atoms with van der Waals surface area (Å²) in [6.45, 7) is 0. The Labute approximate surface area is 102 Å². The number of rotatable bonds is 2. The van der Waals surface area contributed by atoms with E-state index in [2.05, 4.69) is 15.9 Å². The summed E-state index contributed by atoms with van der Waals surface area (Å²) in [6, 6.07) is 1.54. The van der Waals surface area contributed by atoms with Crippen molar-refractivity contribution in [3.05, 3.63) is 21.9 Å². The van der Waals surface area contributed by atoms with Crippen LogP contribution in [-0.2, 0) is 5.54 Å². The van der Waals surface area contributed by atoms with E-state index in [9.17, 15) is 9.50 Å². The first-order valence-electron chi connectivity index (χ1n) is 5.04. The summed E-state index contributed by atoms with van der Waals surface area (Å²) in [7, 11) is 1.38. The van der Waals surface area contributed by atoms with Gasteiger partial charge < -0.3 is 15.6 Å². The van der Waals surface area contributed by atoms with Crippen LogP contribution >= 0.6 is 15.9 Å². The summed E-state index contributed by atoms with van der Waals surface area (Å²) in [5.41, 5.74) is 5.75. The molecule has 1 aliphatic rings.